The van der Waals surface area contributed by atoms with Crippen LogP contribution in [-0.2, 0) is 11.4 Å². The molecule has 1 N–H and O–H groups in total. The zero-order valence-electron chi connectivity index (χ0n) is 20.0. The predicted octanol–water partition coefficient (Wildman–Crippen LogP) is 5.40. The summed E-state index contributed by atoms with van der Waals surface area (Å²) in [5.74, 6) is 1.60. The number of nitrogens with one attached hydrogen (secondary N) is 1. The van der Waals surface area contributed by atoms with Gasteiger partial charge in [0.2, 0.25) is 5.91 Å². The second-order valence-corrected chi connectivity index (χ2v) is 9.64. The summed E-state index contributed by atoms with van der Waals surface area (Å²) in [4.78, 5) is 12.8. The lowest BCUT2D eigenvalue weighted by atomic mass is 10.1. The minimum atomic E-state index is -0.218. The highest BCUT2D eigenvalue weighted by atomic mass is 32.2. The third-order valence-corrected chi connectivity index (χ3v) is 7.10. The van der Waals surface area contributed by atoms with Gasteiger partial charge in [-0.3, -0.25) is 4.79 Å². The first kappa shape index (κ1) is 23.9. The van der Waals surface area contributed by atoms with Crippen molar-refractivity contribution in [3.8, 4) is 11.8 Å². The van der Waals surface area contributed by atoms with Crippen LogP contribution in [-0.4, -0.2) is 26.4 Å². The van der Waals surface area contributed by atoms with Crippen LogP contribution in [0.3, 0.4) is 0 Å². The number of hydrogen-bond donors (Lipinski definition) is 1. The molecule has 3 aromatic rings. The minimum absolute atomic E-state index is 0.0955. The quantitative estimate of drug-likeness (QED) is 0.431. The number of aromatic nitrogens is 3. The van der Waals surface area contributed by atoms with Crippen LogP contribution < -0.4 is 10.1 Å². The van der Waals surface area contributed by atoms with Crippen LogP contribution in [0.15, 0.2) is 27.8 Å². The zero-order valence-corrected chi connectivity index (χ0v) is 20.8. The fourth-order valence-corrected chi connectivity index (χ4v) is 4.94. The van der Waals surface area contributed by atoms with E-state index in [-0.39, 0.29) is 18.3 Å². The lowest BCUT2D eigenvalue weighted by Gasteiger charge is -2.19. The van der Waals surface area contributed by atoms with Gasteiger partial charge in [0.05, 0.1) is 11.3 Å². The fourth-order valence-electron chi connectivity index (χ4n) is 4.36. The van der Waals surface area contributed by atoms with Crippen molar-refractivity contribution in [3.63, 3.8) is 0 Å². The molecule has 0 bridgehead atoms. The number of thioether (sulfide) groups is 1. The summed E-state index contributed by atoms with van der Waals surface area (Å²) < 4.78 is 13.6. The van der Waals surface area contributed by atoms with Crippen LogP contribution in [0, 0.1) is 39.0 Å². The van der Waals surface area contributed by atoms with Gasteiger partial charge in [-0.05, 0) is 63.3 Å². The molecular formula is C25H29N5O3S. The molecule has 1 aromatic carbocycles. The van der Waals surface area contributed by atoms with E-state index in [0.717, 1.165) is 52.7 Å². The maximum atomic E-state index is 12.8. The Labute approximate surface area is 203 Å². The van der Waals surface area contributed by atoms with Crippen LogP contribution in [0.4, 0.5) is 5.82 Å². The van der Waals surface area contributed by atoms with Crippen molar-refractivity contribution in [1.82, 2.24) is 14.8 Å². The van der Waals surface area contributed by atoms with E-state index in [2.05, 4.69) is 26.2 Å². The molecule has 8 nitrogen and oxygen atoms in total. The lowest BCUT2D eigenvalue weighted by molar-refractivity contribution is -0.113. The number of benzene rings is 1. The van der Waals surface area contributed by atoms with Crippen molar-refractivity contribution in [3.05, 3.63) is 52.0 Å². The third-order valence-electron chi connectivity index (χ3n) is 6.29. The summed E-state index contributed by atoms with van der Waals surface area (Å²) in [7, 11) is 0. The second-order valence-electron chi connectivity index (χ2n) is 8.71. The van der Waals surface area contributed by atoms with Gasteiger partial charge in [-0.25, -0.2) is 0 Å². The van der Waals surface area contributed by atoms with Crippen LogP contribution in [0.2, 0.25) is 0 Å². The topological polar surface area (TPSA) is 106 Å². The number of rotatable bonds is 8. The number of amides is 1. The number of hydrogen-bond acceptors (Lipinski definition) is 7. The Morgan fingerprint density at radius 1 is 1.26 bits per heavy atom. The molecule has 178 valence electrons. The van der Waals surface area contributed by atoms with Crippen LogP contribution in [0.5, 0.6) is 5.75 Å². The summed E-state index contributed by atoms with van der Waals surface area (Å²) >= 11 is 1.16. The summed E-state index contributed by atoms with van der Waals surface area (Å²) in [6.45, 7) is 8.09. The molecule has 1 fully saturated rings. The Balaban J connectivity index is 1.37. The summed E-state index contributed by atoms with van der Waals surface area (Å²) in [5.41, 5.74) is 4.63. The summed E-state index contributed by atoms with van der Waals surface area (Å²) in [6, 6.07) is 8.58. The molecule has 0 saturated heterocycles. The van der Waals surface area contributed by atoms with E-state index in [1.165, 1.54) is 12.8 Å². The van der Waals surface area contributed by atoms with Crippen molar-refractivity contribution in [2.75, 3.05) is 11.1 Å². The van der Waals surface area contributed by atoms with Gasteiger partial charge in [-0.2, -0.15) is 5.26 Å². The average Bonchev–Trinajstić information content (AvgIpc) is 3.55. The Hall–Kier alpha value is -3.25. The third kappa shape index (κ3) is 5.12. The van der Waals surface area contributed by atoms with E-state index in [1.807, 2.05) is 45.9 Å². The minimum Gasteiger partial charge on any atom is -0.484 e. The standard InChI is InChI=1S/C25H29N5O3S/c1-15-9-10-16(2)21(11-15)32-13-23-28-29-25(33-23)34-14-22(31)27-24-20(12-26)17(3)18(4)30(24)19-7-5-6-8-19/h9-11,19H,5-8,13-14H2,1-4H3,(H,27,31). The van der Waals surface area contributed by atoms with E-state index in [1.54, 1.807) is 0 Å². The van der Waals surface area contributed by atoms with Crippen molar-refractivity contribution < 1.29 is 13.9 Å². The molecule has 0 aliphatic heterocycles. The first-order valence-electron chi connectivity index (χ1n) is 11.4. The maximum absolute atomic E-state index is 12.8. The Bertz CT molecular complexity index is 1230. The molecule has 0 spiro atoms. The van der Waals surface area contributed by atoms with Crippen LogP contribution in [0.25, 0.3) is 0 Å². The van der Waals surface area contributed by atoms with Gasteiger partial charge in [0.15, 0.2) is 6.61 Å². The number of ether oxygens (including phenoxy) is 1. The Kier molecular flexibility index (Phi) is 7.27. The molecule has 1 aliphatic rings. The smallest absolute Gasteiger partial charge is 0.277 e. The molecule has 2 heterocycles. The number of nitrogens with zero attached hydrogens (tertiary/aromatic N) is 4. The molecule has 1 saturated carbocycles. The van der Waals surface area contributed by atoms with Gasteiger partial charge in [-0.1, -0.05) is 36.7 Å². The van der Waals surface area contributed by atoms with Crippen molar-refractivity contribution in [2.24, 2.45) is 0 Å². The second kappa shape index (κ2) is 10.3. The number of carbonyl (C=O) groups excluding carboxylic acids is 1. The lowest BCUT2D eigenvalue weighted by Crippen LogP contribution is -2.19. The first-order chi connectivity index (χ1) is 16.4. The monoisotopic (exact) mass is 479 g/mol. The average molecular weight is 480 g/mol. The largest absolute Gasteiger partial charge is 0.484 e. The maximum Gasteiger partial charge on any atom is 0.277 e. The Morgan fingerprint density at radius 3 is 2.76 bits per heavy atom. The normalized spacial score (nSPS) is 13.7. The van der Waals surface area contributed by atoms with E-state index in [9.17, 15) is 10.1 Å². The molecular weight excluding hydrogens is 450 g/mol. The highest BCUT2D eigenvalue weighted by molar-refractivity contribution is 7.99. The molecule has 1 amide bonds. The SMILES string of the molecule is Cc1ccc(C)c(OCc2nnc(SCC(=O)Nc3c(C#N)c(C)c(C)n3C3CCCC3)o2)c1. The highest BCUT2D eigenvalue weighted by Gasteiger charge is 2.26. The number of anilines is 1. The van der Waals surface area contributed by atoms with Gasteiger partial charge < -0.3 is 19.0 Å². The molecule has 2 aromatic heterocycles. The van der Waals surface area contributed by atoms with E-state index in [4.69, 9.17) is 9.15 Å². The molecule has 0 unspecified atom stereocenters. The van der Waals surface area contributed by atoms with Crippen molar-refractivity contribution in [2.45, 2.75) is 71.2 Å². The number of nitriles is 1. The molecule has 0 radical (unpaired) electrons. The van der Waals surface area contributed by atoms with E-state index < -0.39 is 0 Å². The molecule has 1 aliphatic carbocycles. The first-order valence-corrected chi connectivity index (χ1v) is 12.4. The molecule has 0 atom stereocenters. The van der Waals surface area contributed by atoms with Crippen molar-refractivity contribution >= 4 is 23.5 Å². The molecule has 4 rings (SSSR count). The van der Waals surface area contributed by atoms with Gasteiger partial charge >= 0.3 is 0 Å². The van der Waals surface area contributed by atoms with Crippen molar-refractivity contribution in [1.29, 1.82) is 5.26 Å². The molecule has 9 heteroatoms. The van der Waals surface area contributed by atoms with Gasteiger partial charge in [-0.15, -0.1) is 10.2 Å². The highest BCUT2D eigenvalue weighted by Crippen LogP contribution is 2.37. The van der Waals surface area contributed by atoms with Gasteiger partial charge in [0, 0.05) is 11.7 Å². The Morgan fingerprint density at radius 2 is 2.03 bits per heavy atom. The molecule has 34 heavy (non-hydrogen) atoms. The van der Waals surface area contributed by atoms with Crippen LogP contribution in [0.1, 0.15) is 65.6 Å². The summed E-state index contributed by atoms with van der Waals surface area (Å²) in [5, 5.41) is 21.0. The van der Waals surface area contributed by atoms with Crippen LogP contribution >= 0.6 is 11.8 Å². The number of carbonyl (C=O) groups is 1. The fraction of sp³-hybridized carbons (Fsp3) is 0.440. The predicted molar refractivity (Wildman–Crippen MR) is 130 cm³/mol. The number of aryl methyl sites for hydroxylation is 2. The zero-order chi connectivity index (χ0) is 24.2. The van der Waals surface area contributed by atoms with Gasteiger partial charge in [0.25, 0.3) is 11.1 Å². The van der Waals surface area contributed by atoms with E-state index in [0.29, 0.717) is 28.5 Å². The van der Waals surface area contributed by atoms with Gasteiger partial charge in [0.1, 0.15) is 17.6 Å². The van der Waals surface area contributed by atoms with E-state index >= 15 is 0 Å². The summed E-state index contributed by atoms with van der Waals surface area (Å²) in [6.07, 6.45) is 4.46.